The lowest BCUT2D eigenvalue weighted by Gasteiger charge is -2.12. The van der Waals surface area contributed by atoms with E-state index < -0.39 is 0 Å². The molecule has 0 heterocycles. The third-order valence-corrected chi connectivity index (χ3v) is 3.77. The fourth-order valence-corrected chi connectivity index (χ4v) is 2.69. The summed E-state index contributed by atoms with van der Waals surface area (Å²) in [5.41, 5.74) is 3.79. The summed E-state index contributed by atoms with van der Waals surface area (Å²) >= 11 is 6.19. The summed E-state index contributed by atoms with van der Waals surface area (Å²) < 4.78 is 5.11. The second kappa shape index (κ2) is 7.99. The Kier molecular flexibility index (Phi) is 6.02. The molecule has 4 nitrogen and oxygen atoms in total. The van der Waals surface area contributed by atoms with Crippen LogP contribution in [0.5, 0.6) is 5.75 Å². The highest BCUT2D eigenvalue weighted by atomic mass is 35.5. The molecule has 0 unspecified atom stereocenters. The maximum atomic E-state index is 12.0. The number of benzene rings is 2. The van der Waals surface area contributed by atoms with Gasteiger partial charge < -0.3 is 15.4 Å². The van der Waals surface area contributed by atoms with Crippen molar-refractivity contribution in [2.45, 2.75) is 20.4 Å². The Labute approximate surface area is 141 Å². The highest BCUT2D eigenvalue weighted by Gasteiger charge is 2.09. The van der Waals surface area contributed by atoms with Crippen LogP contribution in [0.25, 0.3) is 0 Å². The van der Waals surface area contributed by atoms with Crippen LogP contribution in [0.15, 0.2) is 36.4 Å². The van der Waals surface area contributed by atoms with E-state index in [4.69, 9.17) is 16.3 Å². The molecule has 0 aromatic heterocycles. The van der Waals surface area contributed by atoms with Gasteiger partial charge in [-0.3, -0.25) is 4.79 Å². The Bertz CT molecular complexity index is 661. The Hall–Kier alpha value is -2.04. The number of hydrogen-bond acceptors (Lipinski definition) is 3. The van der Waals surface area contributed by atoms with Gasteiger partial charge in [-0.25, -0.2) is 0 Å². The van der Waals surface area contributed by atoms with Gasteiger partial charge in [0, 0.05) is 6.54 Å². The molecule has 0 spiro atoms. The number of halogens is 1. The highest BCUT2D eigenvalue weighted by molar-refractivity contribution is 6.34. The van der Waals surface area contributed by atoms with Crippen molar-refractivity contribution in [3.63, 3.8) is 0 Å². The number of ether oxygens (including phenoxy) is 1. The topological polar surface area (TPSA) is 50.4 Å². The molecule has 0 bridgehead atoms. The predicted octanol–water partition coefficient (Wildman–Crippen LogP) is 3.69. The molecule has 2 rings (SSSR count). The van der Waals surface area contributed by atoms with E-state index in [-0.39, 0.29) is 12.5 Å². The normalized spacial score (nSPS) is 10.4. The number of amides is 1. The van der Waals surface area contributed by atoms with Gasteiger partial charge in [0.15, 0.2) is 0 Å². The SMILES string of the molecule is COc1ccc(CNCC(=O)Nc2c(C)cc(C)cc2Cl)cc1. The second-order valence-corrected chi connectivity index (χ2v) is 5.85. The van der Waals surface area contributed by atoms with Crippen LogP contribution in [-0.4, -0.2) is 19.6 Å². The molecule has 0 aliphatic rings. The van der Waals surface area contributed by atoms with Gasteiger partial charge in [0.05, 0.1) is 24.4 Å². The van der Waals surface area contributed by atoms with Gasteiger partial charge in [0.2, 0.25) is 5.91 Å². The van der Waals surface area contributed by atoms with Crippen molar-refractivity contribution in [3.8, 4) is 5.75 Å². The molecule has 2 N–H and O–H groups in total. The lowest BCUT2D eigenvalue weighted by molar-refractivity contribution is -0.115. The number of carbonyl (C=O) groups is 1. The van der Waals surface area contributed by atoms with Gasteiger partial charge in [-0.15, -0.1) is 0 Å². The molecule has 5 heteroatoms. The first-order chi connectivity index (χ1) is 11.0. The first-order valence-electron chi connectivity index (χ1n) is 7.40. The van der Waals surface area contributed by atoms with Crippen molar-refractivity contribution in [1.29, 1.82) is 0 Å². The third-order valence-electron chi connectivity index (χ3n) is 3.47. The molecular formula is C18H21ClN2O2. The maximum absolute atomic E-state index is 12.0. The zero-order valence-electron chi connectivity index (χ0n) is 13.6. The lowest BCUT2D eigenvalue weighted by atomic mass is 10.1. The summed E-state index contributed by atoms with van der Waals surface area (Å²) in [5, 5.41) is 6.53. The van der Waals surface area contributed by atoms with Gasteiger partial charge in [-0.1, -0.05) is 29.8 Å². The number of methoxy groups -OCH3 is 1. The summed E-state index contributed by atoms with van der Waals surface area (Å²) in [6.07, 6.45) is 0. The van der Waals surface area contributed by atoms with E-state index in [1.54, 1.807) is 7.11 Å². The van der Waals surface area contributed by atoms with Crippen LogP contribution >= 0.6 is 11.6 Å². The maximum Gasteiger partial charge on any atom is 0.238 e. The van der Waals surface area contributed by atoms with Crippen LogP contribution in [0, 0.1) is 13.8 Å². The molecule has 0 fully saturated rings. The molecule has 0 aliphatic carbocycles. The van der Waals surface area contributed by atoms with Gasteiger partial charge in [-0.2, -0.15) is 0 Å². The molecule has 0 atom stereocenters. The first-order valence-corrected chi connectivity index (χ1v) is 7.77. The first kappa shape index (κ1) is 17.3. The van der Waals surface area contributed by atoms with E-state index in [0.717, 1.165) is 22.4 Å². The number of aryl methyl sites for hydroxylation is 2. The van der Waals surface area contributed by atoms with Gasteiger partial charge >= 0.3 is 0 Å². The summed E-state index contributed by atoms with van der Waals surface area (Å²) in [4.78, 5) is 12.0. The minimum atomic E-state index is -0.118. The Morgan fingerprint density at radius 3 is 2.48 bits per heavy atom. The Morgan fingerprint density at radius 1 is 1.17 bits per heavy atom. The van der Waals surface area contributed by atoms with E-state index in [1.807, 2.05) is 50.2 Å². The van der Waals surface area contributed by atoms with E-state index in [0.29, 0.717) is 17.3 Å². The fourth-order valence-electron chi connectivity index (χ4n) is 2.32. The average molecular weight is 333 g/mol. The molecule has 0 saturated carbocycles. The molecule has 0 radical (unpaired) electrons. The largest absolute Gasteiger partial charge is 0.497 e. The van der Waals surface area contributed by atoms with Crippen LogP contribution in [0.3, 0.4) is 0 Å². The van der Waals surface area contributed by atoms with Gasteiger partial charge in [0.25, 0.3) is 0 Å². The van der Waals surface area contributed by atoms with Crippen molar-refractivity contribution in [3.05, 3.63) is 58.1 Å². The minimum absolute atomic E-state index is 0.118. The molecule has 0 aliphatic heterocycles. The summed E-state index contributed by atoms with van der Waals surface area (Å²) in [5.74, 6) is 0.698. The van der Waals surface area contributed by atoms with Crippen LogP contribution in [0.1, 0.15) is 16.7 Å². The standard InChI is InChI=1S/C18H21ClN2O2/c1-12-8-13(2)18(16(19)9-12)21-17(22)11-20-10-14-4-6-15(23-3)7-5-14/h4-9,20H,10-11H2,1-3H3,(H,21,22). The Balaban J connectivity index is 1.85. The Morgan fingerprint density at radius 2 is 1.87 bits per heavy atom. The van der Waals surface area contributed by atoms with Crippen molar-refractivity contribution in [2.24, 2.45) is 0 Å². The minimum Gasteiger partial charge on any atom is -0.497 e. The number of hydrogen-bond donors (Lipinski definition) is 2. The molecule has 23 heavy (non-hydrogen) atoms. The molecule has 2 aromatic carbocycles. The van der Waals surface area contributed by atoms with Crippen LogP contribution in [0.2, 0.25) is 5.02 Å². The number of nitrogens with one attached hydrogen (secondary N) is 2. The number of anilines is 1. The monoisotopic (exact) mass is 332 g/mol. The number of carbonyl (C=O) groups excluding carboxylic acids is 1. The summed E-state index contributed by atoms with van der Waals surface area (Å²) in [6.45, 7) is 4.73. The molecule has 0 saturated heterocycles. The van der Waals surface area contributed by atoms with Crippen molar-refractivity contribution in [2.75, 3.05) is 19.0 Å². The van der Waals surface area contributed by atoms with E-state index in [9.17, 15) is 4.79 Å². The highest BCUT2D eigenvalue weighted by Crippen LogP contribution is 2.27. The number of rotatable bonds is 6. The lowest BCUT2D eigenvalue weighted by Crippen LogP contribution is -2.28. The van der Waals surface area contributed by atoms with Crippen LogP contribution < -0.4 is 15.4 Å². The van der Waals surface area contributed by atoms with E-state index in [2.05, 4.69) is 10.6 Å². The van der Waals surface area contributed by atoms with Crippen LogP contribution in [-0.2, 0) is 11.3 Å². The smallest absolute Gasteiger partial charge is 0.238 e. The molecular weight excluding hydrogens is 312 g/mol. The molecule has 122 valence electrons. The molecule has 2 aromatic rings. The fraction of sp³-hybridized carbons (Fsp3) is 0.278. The molecule has 1 amide bonds. The zero-order valence-corrected chi connectivity index (χ0v) is 14.3. The van der Waals surface area contributed by atoms with E-state index in [1.165, 1.54) is 0 Å². The average Bonchev–Trinajstić information content (AvgIpc) is 2.51. The second-order valence-electron chi connectivity index (χ2n) is 5.44. The van der Waals surface area contributed by atoms with Crippen LogP contribution in [0.4, 0.5) is 5.69 Å². The van der Waals surface area contributed by atoms with Gasteiger partial charge in [0.1, 0.15) is 5.75 Å². The predicted molar refractivity (Wildman–Crippen MR) is 94.3 cm³/mol. The summed E-state index contributed by atoms with van der Waals surface area (Å²) in [7, 11) is 1.63. The quantitative estimate of drug-likeness (QED) is 0.848. The van der Waals surface area contributed by atoms with E-state index >= 15 is 0 Å². The summed E-state index contributed by atoms with van der Waals surface area (Å²) in [6, 6.07) is 11.6. The van der Waals surface area contributed by atoms with Crippen molar-refractivity contribution in [1.82, 2.24) is 5.32 Å². The van der Waals surface area contributed by atoms with Crippen molar-refractivity contribution >= 4 is 23.2 Å². The van der Waals surface area contributed by atoms with Gasteiger partial charge in [-0.05, 0) is 48.7 Å². The van der Waals surface area contributed by atoms with Crippen molar-refractivity contribution < 1.29 is 9.53 Å². The zero-order chi connectivity index (χ0) is 16.8. The third kappa shape index (κ3) is 4.98.